The number of amides is 1. The Morgan fingerprint density at radius 2 is 2.00 bits per heavy atom. The van der Waals surface area contributed by atoms with Crippen LogP contribution in [0.15, 0.2) is 0 Å². The number of carbonyl (C=O) groups is 2. The van der Waals surface area contributed by atoms with E-state index in [0.29, 0.717) is 19.3 Å². The molecule has 3 N–H and O–H groups in total. The number of halogens is 2. The molecule has 0 radical (unpaired) electrons. The SMILES string of the molecule is O=C(N[C@@H]1[C@H]2CCC(F)(F)[C@H]21)[C@H]1[C@@H]2CC[C@@](CO)(O2)[C@H]1C(=O)O. The smallest absolute Gasteiger partial charge is 0.310 e. The molecule has 1 amide bonds. The van der Waals surface area contributed by atoms with Crippen LogP contribution in [-0.2, 0) is 14.3 Å². The second-order valence-corrected chi connectivity index (χ2v) is 7.28. The molecule has 4 fully saturated rings. The van der Waals surface area contributed by atoms with Crippen molar-refractivity contribution in [2.45, 2.75) is 49.4 Å². The number of carboxylic acid groups (broad SMARTS) is 1. The van der Waals surface area contributed by atoms with Gasteiger partial charge < -0.3 is 20.3 Å². The van der Waals surface area contributed by atoms with Gasteiger partial charge in [0.25, 0.3) is 5.92 Å². The summed E-state index contributed by atoms with van der Waals surface area (Å²) in [5.74, 6) is -7.56. The zero-order chi connectivity index (χ0) is 16.6. The van der Waals surface area contributed by atoms with Crippen LogP contribution in [0.25, 0.3) is 0 Å². The molecule has 2 aliphatic heterocycles. The van der Waals surface area contributed by atoms with Crippen molar-refractivity contribution in [2.75, 3.05) is 6.61 Å². The molecule has 0 aromatic carbocycles. The number of hydrogen-bond donors (Lipinski definition) is 3. The molecular weight excluding hydrogens is 312 g/mol. The van der Waals surface area contributed by atoms with E-state index < -0.39 is 59.9 Å². The van der Waals surface area contributed by atoms with Gasteiger partial charge in [-0.1, -0.05) is 0 Å². The maximum Gasteiger partial charge on any atom is 0.310 e. The summed E-state index contributed by atoms with van der Waals surface area (Å²) in [4.78, 5) is 24.1. The van der Waals surface area contributed by atoms with Gasteiger partial charge in [0, 0.05) is 18.4 Å². The molecule has 0 unspecified atom stereocenters. The predicted octanol–water partition coefficient (Wildman–Crippen LogP) is 0.387. The fourth-order valence-corrected chi connectivity index (χ4v) is 5.03. The van der Waals surface area contributed by atoms with Gasteiger partial charge in [0.2, 0.25) is 5.91 Å². The van der Waals surface area contributed by atoms with E-state index in [1.807, 2.05) is 0 Å². The molecular formula is C15H19F2NO5. The van der Waals surface area contributed by atoms with Crippen molar-refractivity contribution in [3.63, 3.8) is 0 Å². The van der Waals surface area contributed by atoms with Gasteiger partial charge in [-0.25, -0.2) is 8.78 Å². The van der Waals surface area contributed by atoms with Gasteiger partial charge in [-0.05, 0) is 25.2 Å². The number of hydrogen-bond acceptors (Lipinski definition) is 4. The van der Waals surface area contributed by atoms with Crippen LogP contribution in [0, 0.1) is 23.7 Å². The number of nitrogens with one attached hydrogen (secondary N) is 1. The highest BCUT2D eigenvalue weighted by Gasteiger charge is 2.69. The van der Waals surface area contributed by atoms with Crippen molar-refractivity contribution in [2.24, 2.45) is 23.7 Å². The topological polar surface area (TPSA) is 95.9 Å². The van der Waals surface area contributed by atoms with E-state index in [1.165, 1.54) is 0 Å². The number of aliphatic hydroxyl groups excluding tert-OH is 1. The number of carbonyl (C=O) groups excluding carboxylic acids is 1. The van der Waals surface area contributed by atoms with Crippen molar-refractivity contribution in [1.82, 2.24) is 5.32 Å². The second-order valence-electron chi connectivity index (χ2n) is 7.28. The Morgan fingerprint density at radius 1 is 1.26 bits per heavy atom. The van der Waals surface area contributed by atoms with Crippen LogP contribution in [0.5, 0.6) is 0 Å². The highest BCUT2D eigenvalue weighted by Crippen LogP contribution is 2.60. The van der Waals surface area contributed by atoms with Gasteiger partial charge in [0.15, 0.2) is 0 Å². The van der Waals surface area contributed by atoms with Crippen LogP contribution in [0.2, 0.25) is 0 Å². The summed E-state index contributed by atoms with van der Waals surface area (Å²) in [7, 11) is 0. The van der Waals surface area contributed by atoms with Crippen LogP contribution in [0.3, 0.4) is 0 Å². The fraction of sp³-hybridized carbons (Fsp3) is 0.867. The molecule has 2 heterocycles. The molecule has 6 nitrogen and oxygen atoms in total. The lowest BCUT2D eigenvalue weighted by molar-refractivity contribution is -0.153. The zero-order valence-corrected chi connectivity index (χ0v) is 12.4. The maximum atomic E-state index is 13.6. The first-order valence-electron chi connectivity index (χ1n) is 8.00. The minimum absolute atomic E-state index is 0.144. The normalized spacial score (nSPS) is 49.0. The molecule has 4 rings (SSSR count). The molecule has 8 heteroatoms. The van der Waals surface area contributed by atoms with E-state index in [1.54, 1.807) is 0 Å². The molecule has 23 heavy (non-hydrogen) atoms. The minimum Gasteiger partial charge on any atom is -0.481 e. The Balaban J connectivity index is 1.50. The molecule has 2 saturated carbocycles. The number of carboxylic acids is 1. The Morgan fingerprint density at radius 3 is 2.57 bits per heavy atom. The average molecular weight is 331 g/mol. The summed E-state index contributed by atoms with van der Waals surface area (Å²) in [6.07, 6.45) is 0.561. The third-order valence-corrected chi connectivity index (χ3v) is 6.18. The molecule has 0 aromatic rings. The molecule has 0 aromatic heterocycles. The molecule has 4 aliphatic rings. The van der Waals surface area contributed by atoms with E-state index in [2.05, 4.69) is 5.32 Å². The van der Waals surface area contributed by atoms with E-state index >= 15 is 0 Å². The molecule has 128 valence electrons. The van der Waals surface area contributed by atoms with Crippen LogP contribution in [0.4, 0.5) is 8.78 Å². The van der Waals surface area contributed by atoms with E-state index in [4.69, 9.17) is 4.74 Å². The standard InChI is InChI=1S/C15H19F2NO5/c16-15(17)4-1-6-9(15)11(6)18-12(20)8-7-2-3-14(5-19,23-7)10(8)13(21)22/h6-11,19H,1-5H2,(H,18,20)(H,21,22)/t6-,7-,8-,9+,10+,11+,14-/m0/s1. The number of fused-ring (bicyclic) bond motifs is 3. The summed E-state index contributed by atoms with van der Waals surface area (Å²) in [5.41, 5.74) is -1.22. The van der Waals surface area contributed by atoms with E-state index in [9.17, 15) is 28.6 Å². The lowest BCUT2D eigenvalue weighted by Crippen LogP contribution is -2.50. The molecule has 2 aliphatic carbocycles. The lowest BCUT2D eigenvalue weighted by atomic mass is 9.71. The van der Waals surface area contributed by atoms with Crippen molar-refractivity contribution in [1.29, 1.82) is 0 Å². The summed E-state index contributed by atoms with van der Waals surface area (Å²) >= 11 is 0. The fourth-order valence-electron chi connectivity index (χ4n) is 5.03. The van der Waals surface area contributed by atoms with Gasteiger partial charge in [0.05, 0.1) is 18.6 Å². The first kappa shape index (κ1) is 15.3. The zero-order valence-electron chi connectivity index (χ0n) is 12.4. The Labute approximate surface area is 131 Å². The van der Waals surface area contributed by atoms with Crippen LogP contribution in [0.1, 0.15) is 25.7 Å². The van der Waals surface area contributed by atoms with Crippen molar-refractivity contribution in [3.05, 3.63) is 0 Å². The van der Waals surface area contributed by atoms with Crippen molar-refractivity contribution < 1.29 is 33.3 Å². The van der Waals surface area contributed by atoms with Crippen LogP contribution in [-0.4, -0.2) is 52.4 Å². The van der Waals surface area contributed by atoms with Crippen LogP contribution >= 0.6 is 0 Å². The molecule has 0 spiro atoms. The summed E-state index contributed by atoms with van der Waals surface area (Å²) in [6, 6.07) is -0.565. The van der Waals surface area contributed by atoms with E-state index in [-0.39, 0.29) is 12.3 Å². The Bertz CT molecular complexity index is 570. The first-order chi connectivity index (χ1) is 10.8. The minimum atomic E-state index is -2.74. The van der Waals surface area contributed by atoms with Gasteiger partial charge in [-0.2, -0.15) is 0 Å². The summed E-state index contributed by atoms with van der Waals surface area (Å²) < 4.78 is 32.9. The van der Waals surface area contributed by atoms with Gasteiger partial charge >= 0.3 is 5.97 Å². The molecule has 2 bridgehead atoms. The third kappa shape index (κ3) is 1.97. The number of ether oxygens (including phenoxy) is 1. The maximum absolute atomic E-state index is 13.6. The lowest BCUT2D eigenvalue weighted by Gasteiger charge is -2.31. The second kappa shape index (κ2) is 4.63. The van der Waals surface area contributed by atoms with Gasteiger partial charge in [-0.15, -0.1) is 0 Å². The summed E-state index contributed by atoms with van der Waals surface area (Å²) in [6.45, 7) is -0.461. The number of aliphatic carboxylic acids is 1. The van der Waals surface area contributed by atoms with E-state index in [0.717, 1.165) is 0 Å². The number of rotatable bonds is 4. The number of aliphatic hydroxyl groups is 1. The molecule has 7 atom stereocenters. The van der Waals surface area contributed by atoms with Crippen molar-refractivity contribution in [3.8, 4) is 0 Å². The monoisotopic (exact) mass is 331 g/mol. The molecule has 2 saturated heterocycles. The quantitative estimate of drug-likeness (QED) is 0.692. The Kier molecular flexibility index (Phi) is 3.07. The van der Waals surface area contributed by atoms with Crippen molar-refractivity contribution >= 4 is 11.9 Å². The average Bonchev–Trinajstić information content (AvgIpc) is 2.82. The summed E-state index contributed by atoms with van der Waals surface area (Å²) in [5, 5.41) is 21.6. The van der Waals surface area contributed by atoms with Gasteiger partial charge in [0.1, 0.15) is 11.5 Å². The first-order valence-corrected chi connectivity index (χ1v) is 8.00. The highest BCUT2D eigenvalue weighted by atomic mass is 19.3. The largest absolute Gasteiger partial charge is 0.481 e. The highest BCUT2D eigenvalue weighted by molar-refractivity contribution is 5.87. The third-order valence-electron chi connectivity index (χ3n) is 6.18. The van der Waals surface area contributed by atoms with Crippen LogP contribution < -0.4 is 5.32 Å². The Hall–Kier alpha value is -1.28. The predicted molar refractivity (Wildman–Crippen MR) is 71.6 cm³/mol. The van der Waals surface area contributed by atoms with Gasteiger partial charge in [-0.3, -0.25) is 9.59 Å². The number of alkyl halides is 2.